The maximum Gasteiger partial charge on any atom is 0.407 e. The number of rotatable bonds is 4. The van der Waals surface area contributed by atoms with Gasteiger partial charge < -0.3 is 19.9 Å². The monoisotopic (exact) mass is 530 g/mol. The highest BCUT2D eigenvalue weighted by Gasteiger charge is 2.30. The standard InChI is InChI=1S/C29H28F2N6O2/c1-16-5-6-23(31)25-24(16)35-27(36-25)22-14-33-13-21(18-9-17(12-32)10-19(30)11-18)26(22)37-8-7-20(15-37)34-28(38)39-29(2,3)4/h5-6,9-11,13-14,20H,7-8,15H2,1-4H3,(H,34,38)(H,35,36)/t20-/m0/s1. The SMILES string of the molecule is Cc1ccc(F)c2[nH]c(-c3cncc(-c4cc(F)cc(C#N)c4)c3N3CC[C@H](NC(=O)OC(C)(C)C)C3)nc12. The van der Waals surface area contributed by atoms with Gasteiger partial charge in [0, 0.05) is 31.0 Å². The highest BCUT2D eigenvalue weighted by molar-refractivity contribution is 5.92. The molecule has 5 rings (SSSR count). The van der Waals surface area contributed by atoms with Gasteiger partial charge in [0.2, 0.25) is 0 Å². The minimum Gasteiger partial charge on any atom is -0.444 e. The number of halogens is 2. The fourth-order valence-corrected chi connectivity index (χ4v) is 4.86. The molecule has 39 heavy (non-hydrogen) atoms. The number of anilines is 1. The fourth-order valence-electron chi connectivity index (χ4n) is 4.86. The highest BCUT2D eigenvalue weighted by atomic mass is 19.1. The molecule has 2 aromatic heterocycles. The summed E-state index contributed by atoms with van der Waals surface area (Å²) in [7, 11) is 0. The number of aryl methyl sites for hydroxylation is 1. The van der Waals surface area contributed by atoms with Crippen LogP contribution in [-0.2, 0) is 4.74 Å². The van der Waals surface area contributed by atoms with Crippen molar-refractivity contribution in [2.75, 3.05) is 18.0 Å². The number of carbonyl (C=O) groups is 1. The summed E-state index contributed by atoms with van der Waals surface area (Å²) in [6, 6.07) is 8.96. The summed E-state index contributed by atoms with van der Waals surface area (Å²) < 4.78 is 34.6. The number of hydrogen-bond donors (Lipinski definition) is 2. The van der Waals surface area contributed by atoms with Gasteiger partial charge in [0.15, 0.2) is 0 Å². The number of carbonyl (C=O) groups excluding carboxylic acids is 1. The Kier molecular flexibility index (Phi) is 6.68. The van der Waals surface area contributed by atoms with Gasteiger partial charge in [0.05, 0.1) is 34.4 Å². The van der Waals surface area contributed by atoms with Crippen LogP contribution in [0.4, 0.5) is 19.3 Å². The molecule has 1 saturated heterocycles. The molecule has 0 aliphatic carbocycles. The first-order valence-corrected chi connectivity index (χ1v) is 12.6. The van der Waals surface area contributed by atoms with E-state index in [4.69, 9.17) is 9.72 Å². The Morgan fingerprint density at radius 2 is 1.97 bits per heavy atom. The number of nitrogens with one attached hydrogen (secondary N) is 2. The zero-order valence-corrected chi connectivity index (χ0v) is 22.1. The molecule has 1 amide bonds. The molecule has 1 aliphatic rings. The van der Waals surface area contributed by atoms with E-state index in [0.29, 0.717) is 53.2 Å². The number of fused-ring (bicyclic) bond motifs is 1. The summed E-state index contributed by atoms with van der Waals surface area (Å²) in [5, 5.41) is 12.4. The smallest absolute Gasteiger partial charge is 0.407 e. The maximum absolute atomic E-state index is 14.6. The Labute approximate surface area is 224 Å². The van der Waals surface area contributed by atoms with Crippen molar-refractivity contribution in [1.29, 1.82) is 5.26 Å². The van der Waals surface area contributed by atoms with Crippen LogP contribution in [0.15, 0.2) is 42.7 Å². The molecule has 3 heterocycles. The Bertz CT molecular complexity index is 1580. The number of H-pyrrole nitrogens is 1. The number of amides is 1. The van der Waals surface area contributed by atoms with Crippen LogP contribution >= 0.6 is 0 Å². The Hall–Kier alpha value is -4.52. The van der Waals surface area contributed by atoms with Crippen molar-refractivity contribution in [2.24, 2.45) is 0 Å². The second-order valence-electron chi connectivity index (χ2n) is 10.7. The zero-order valence-electron chi connectivity index (χ0n) is 22.1. The van der Waals surface area contributed by atoms with E-state index in [-0.39, 0.29) is 17.1 Å². The van der Waals surface area contributed by atoms with E-state index in [1.165, 1.54) is 18.2 Å². The molecule has 0 bridgehead atoms. The van der Waals surface area contributed by atoms with Crippen LogP contribution in [-0.4, -0.2) is 45.8 Å². The van der Waals surface area contributed by atoms with Crippen LogP contribution in [0.3, 0.4) is 0 Å². The second-order valence-corrected chi connectivity index (χ2v) is 10.7. The van der Waals surface area contributed by atoms with Crippen LogP contribution in [0.1, 0.15) is 38.3 Å². The van der Waals surface area contributed by atoms with Gasteiger partial charge in [-0.05, 0) is 69.5 Å². The van der Waals surface area contributed by atoms with Crippen molar-refractivity contribution in [3.63, 3.8) is 0 Å². The fraction of sp³-hybridized carbons (Fsp3) is 0.310. The molecule has 10 heteroatoms. The van der Waals surface area contributed by atoms with Gasteiger partial charge in [-0.15, -0.1) is 0 Å². The van der Waals surface area contributed by atoms with Crippen LogP contribution < -0.4 is 10.2 Å². The lowest BCUT2D eigenvalue weighted by Crippen LogP contribution is -2.40. The van der Waals surface area contributed by atoms with Crippen molar-refractivity contribution >= 4 is 22.8 Å². The summed E-state index contributed by atoms with van der Waals surface area (Å²) >= 11 is 0. The minimum absolute atomic E-state index is 0.175. The van der Waals surface area contributed by atoms with Gasteiger partial charge in [-0.25, -0.2) is 18.6 Å². The van der Waals surface area contributed by atoms with Gasteiger partial charge in [0.1, 0.15) is 28.6 Å². The molecule has 1 atom stereocenters. The van der Waals surface area contributed by atoms with Crippen molar-refractivity contribution in [2.45, 2.75) is 45.8 Å². The quantitative estimate of drug-likeness (QED) is 0.343. The van der Waals surface area contributed by atoms with Crippen molar-refractivity contribution in [3.05, 3.63) is 65.5 Å². The predicted molar refractivity (Wildman–Crippen MR) is 144 cm³/mol. The summed E-state index contributed by atoms with van der Waals surface area (Å²) in [5.74, 6) is -0.567. The van der Waals surface area contributed by atoms with Crippen molar-refractivity contribution < 1.29 is 18.3 Å². The van der Waals surface area contributed by atoms with E-state index in [2.05, 4.69) is 20.2 Å². The highest BCUT2D eigenvalue weighted by Crippen LogP contribution is 2.40. The number of aromatic amines is 1. The first-order chi connectivity index (χ1) is 18.5. The van der Waals surface area contributed by atoms with Crippen LogP contribution in [0, 0.1) is 29.9 Å². The summed E-state index contributed by atoms with van der Waals surface area (Å²) in [5.41, 5.74) is 3.47. The minimum atomic E-state index is -0.627. The van der Waals surface area contributed by atoms with Gasteiger partial charge in [-0.1, -0.05) is 6.07 Å². The molecule has 8 nitrogen and oxygen atoms in total. The second kappa shape index (κ2) is 9.98. The number of nitriles is 1. The Balaban J connectivity index is 1.61. The van der Waals surface area contributed by atoms with Crippen LogP contribution in [0.25, 0.3) is 33.5 Å². The number of pyridine rings is 1. The molecule has 0 unspecified atom stereocenters. The number of aromatic nitrogens is 3. The zero-order chi connectivity index (χ0) is 27.9. The number of nitrogens with zero attached hydrogens (tertiary/aromatic N) is 4. The molecular formula is C29H28F2N6O2. The number of benzene rings is 2. The Morgan fingerprint density at radius 1 is 1.21 bits per heavy atom. The molecule has 4 aromatic rings. The average Bonchev–Trinajstić information content (AvgIpc) is 3.52. The summed E-state index contributed by atoms with van der Waals surface area (Å²) in [4.78, 5) is 26.7. The van der Waals surface area contributed by atoms with Crippen molar-refractivity contribution in [1.82, 2.24) is 20.3 Å². The topological polar surface area (TPSA) is 107 Å². The molecule has 200 valence electrons. The third-order valence-corrected chi connectivity index (χ3v) is 6.53. The maximum atomic E-state index is 14.6. The van der Waals surface area contributed by atoms with Gasteiger partial charge >= 0.3 is 6.09 Å². The molecule has 0 saturated carbocycles. The Morgan fingerprint density at radius 3 is 2.69 bits per heavy atom. The van der Waals surface area contributed by atoms with Crippen LogP contribution in [0.2, 0.25) is 0 Å². The van der Waals surface area contributed by atoms with E-state index >= 15 is 0 Å². The predicted octanol–water partition coefficient (Wildman–Crippen LogP) is 5.85. The molecule has 0 spiro atoms. The molecule has 0 radical (unpaired) electrons. The van der Waals surface area contributed by atoms with E-state index < -0.39 is 23.3 Å². The molecular weight excluding hydrogens is 502 g/mol. The van der Waals surface area contributed by atoms with Crippen LogP contribution in [0.5, 0.6) is 0 Å². The molecule has 1 fully saturated rings. The molecule has 2 N–H and O–H groups in total. The van der Waals surface area contributed by atoms with Gasteiger partial charge in [-0.2, -0.15) is 5.26 Å². The largest absolute Gasteiger partial charge is 0.444 e. The number of imidazole rings is 1. The first-order valence-electron chi connectivity index (χ1n) is 12.6. The lowest BCUT2D eigenvalue weighted by molar-refractivity contribution is 0.0509. The van der Waals surface area contributed by atoms with Gasteiger partial charge in [-0.3, -0.25) is 4.98 Å². The number of alkyl carbamates (subject to hydrolysis) is 1. The molecule has 2 aromatic carbocycles. The number of ether oxygens (including phenoxy) is 1. The lowest BCUT2D eigenvalue weighted by atomic mass is 9.99. The van der Waals surface area contributed by atoms with Crippen molar-refractivity contribution in [3.8, 4) is 28.6 Å². The summed E-state index contributed by atoms with van der Waals surface area (Å²) in [6.45, 7) is 8.27. The van der Waals surface area contributed by atoms with E-state index in [0.717, 1.165) is 5.56 Å². The van der Waals surface area contributed by atoms with E-state index in [1.807, 2.05) is 13.0 Å². The normalized spacial score (nSPS) is 15.4. The van der Waals surface area contributed by atoms with Gasteiger partial charge in [0.25, 0.3) is 0 Å². The lowest BCUT2D eigenvalue weighted by Gasteiger charge is -2.25. The average molecular weight is 531 g/mol. The number of hydrogen-bond acceptors (Lipinski definition) is 6. The van der Waals surface area contributed by atoms with E-state index in [1.54, 1.807) is 45.3 Å². The van der Waals surface area contributed by atoms with E-state index in [9.17, 15) is 18.8 Å². The first kappa shape index (κ1) is 26.1. The summed E-state index contributed by atoms with van der Waals surface area (Å²) in [6.07, 6.45) is 3.37. The molecule has 1 aliphatic heterocycles. The third-order valence-electron chi connectivity index (χ3n) is 6.53. The third kappa shape index (κ3) is 5.39.